The van der Waals surface area contributed by atoms with Gasteiger partial charge in [-0.3, -0.25) is 4.79 Å². The first-order chi connectivity index (χ1) is 20.9. The van der Waals surface area contributed by atoms with Crippen LogP contribution >= 0.6 is 69.6 Å². The number of benzene rings is 2. The second-order valence-electron chi connectivity index (χ2n) is 8.57. The van der Waals surface area contributed by atoms with Crippen LogP contribution in [0.25, 0.3) is 11.8 Å². The summed E-state index contributed by atoms with van der Waals surface area (Å²) in [4.78, 5) is 39.2. The third-order valence-electron chi connectivity index (χ3n) is 5.80. The molecule has 0 spiro atoms. The van der Waals surface area contributed by atoms with Crippen molar-refractivity contribution in [2.45, 2.75) is 13.8 Å². The summed E-state index contributed by atoms with van der Waals surface area (Å²) in [5, 5.41) is 10.2. The highest BCUT2D eigenvalue weighted by Crippen LogP contribution is 2.40. The van der Waals surface area contributed by atoms with Crippen LogP contribution in [0, 0.1) is 0 Å². The molecule has 0 N–H and O–H groups in total. The van der Waals surface area contributed by atoms with E-state index >= 15 is 0 Å². The van der Waals surface area contributed by atoms with Crippen LogP contribution in [0.15, 0.2) is 47.1 Å². The van der Waals surface area contributed by atoms with E-state index < -0.39 is 17.8 Å². The molecule has 3 aromatic rings. The third kappa shape index (κ3) is 6.71. The summed E-state index contributed by atoms with van der Waals surface area (Å²) in [6.07, 6.45) is 4.10. The Morgan fingerprint density at radius 2 is 1.36 bits per heavy atom. The number of anilines is 1. The molecule has 0 atom stereocenters. The number of esters is 2. The highest BCUT2D eigenvalue weighted by atomic mass is 35.5. The zero-order chi connectivity index (χ0) is 32.3. The van der Waals surface area contributed by atoms with Crippen LogP contribution in [0.1, 0.15) is 29.9 Å². The van der Waals surface area contributed by atoms with Crippen molar-refractivity contribution in [1.82, 2.24) is 9.78 Å². The van der Waals surface area contributed by atoms with E-state index in [0.29, 0.717) is 0 Å². The predicted molar refractivity (Wildman–Crippen MR) is 171 cm³/mol. The topological polar surface area (TPSA) is 112 Å². The molecule has 0 saturated carbocycles. The number of carbonyl (C=O) groups excluding carboxylic acids is 3. The zero-order valence-electron chi connectivity index (χ0n) is 23.0. The van der Waals surface area contributed by atoms with Crippen molar-refractivity contribution in [2.24, 2.45) is 5.10 Å². The first kappa shape index (κ1) is 33.6. The van der Waals surface area contributed by atoms with Crippen LogP contribution in [-0.4, -0.2) is 53.7 Å². The van der Waals surface area contributed by atoms with Crippen molar-refractivity contribution in [3.05, 3.63) is 83.4 Å². The van der Waals surface area contributed by atoms with Crippen molar-refractivity contribution >= 4 is 105 Å². The average molecular weight is 721 g/mol. The quantitative estimate of drug-likeness (QED) is 0.163. The molecule has 16 heteroatoms. The Labute approximate surface area is 281 Å². The fraction of sp³-hybridized carbons (Fsp3) is 0.179. The van der Waals surface area contributed by atoms with Crippen molar-refractivity contribution in [3.63, 3.8) is 0 Å². The number of hydrogen-bond acceptors (Lipinski definition) is 8. The Balaban J connectivity index is 1.85. The van der Waals surface area contributed by atoms with Gasteiger partial charge in [0.05, 0.1) is 51.6 Å². The van der Waals surface area contributed by atoms with Gasteiger partial charge in [-0.05, 0) is 50.3 Å². The van der Waals surface area contributed by atoms with E-state index in [2.05, 4.69) is 10.2 Å². The van der Waals surface area contributed by atoms with E-state index in [1.165, 1.54) is 54.3 Å². The molecule has 230 valence electrons. The summed E-state index contributed by atoms with van der Waals surface area (Å²) in [7, 11) is 1.35. The van der Waals surface area contributed by atoms with Crippen molar-refractivity contribution in [2.75, 3.05) is 25.3 Å². The minimum absolute atomic E-state index is 0.0150. The first-order valence-corrected chi connectivity index (χ1v) is 14.8. The lowest BCUT2D eigenvalue weighted by Crippen LogP contribution is -2.23. The lowest BCUT2D eigenvalue weighted by atomic mass is 10.1. The standard InChI is InChI=1S/C28H20Cl6N4O6/c1-4-43-27(40)21-15(25(39)37(35-21)23-17(31)9-13(29)10-18(23)32)7-6-8-16-22(28(41)44-5-2)36-38(26(16)42-3)24-19(33)11-14(30)12-20(24)34/h6-12H,4-5H2,1-3H3. The number of hydrogen-bond donors (Lipinski definition) is 0. The average Bonchev–Trinajstić information content (AvgIpc) is 3.45. The molecule has 4 rings (SSSR count). The van der Waals surface area contributed by atoms with Gasteiger partial charge in [-0.1, -0.05) is 75.7 Å². The summed E-state index contributed by atoms with van der Waals surface area (Å²) < 4.78 is 17.1. The van der Waals surface area contributed by atoms with Gasteiger partial charge in [-0.15, -0.1) is 0 Å². The first-order valence-electron chi connectivity index (χ1n) is 12.6. The Morgan fingerprint density at radius 1 is 0.841 bits per heavy atom. The van der Waals surface area contributed by atoms with Crippen LogP contribution in [0.2, 0.25) is 30.1 Å². The van der Waals surface area contributed by atoms with Gasteiger partial charge < -0.3 is 14.2 Å². The Kier molecular flexibility index (Phi) is 10.9. The van der Waals surface area contributed by atoms with Gasteiger partial charge in [0, 0.05) is 10.0 Å². The molecule has 2 aromatic carbocycles. The van der Waals surface area contributed by atoms with E-state index in [0.717, 1.165) is 5.01 Å². The summed E-state index contributed by atoms with van der Waals surface area (Å²) in [6.45, 7) is 3.31. The SMILES string of the molecule is CCOC(=O)C1=NN(c2c(Cl)cc(Cl)cc2Cl)C(=O)C1=CC=Cc1c(C(=O)OCC)nn(-c2c(Cl)cc(Cl)cc2Cl)c1OC. The number of nitrogens with zero attached hydrogens (tertiary/aromatic N) is 4. The second kappa shape index (κ2) is 14.2. The predicted octanol–water partition coefficient (Wildman–Crippen LogP) is 7.88. The number of ether oxygens (including phenoxy) is 3. The molecule has 0 radical (unpaired) electrons. The second-order valence-corrected chi connectivity index (χ2v) is 11.1. The van der Waals surface area contributed by atoms with Crippen LogP contribution in [0.5, 0.6) is 5.88 Å². The van der Waals surface area contributed by atoms with E-state index in [4.69, 9.17) is 83.8 Å². The number of carbonyl (C=O) groups is 3. The van der Waals surface area contributed by atoms with Crippen LogP contribution in [0.3, 0.4) is 0 Å². The molecule has 1 aromatic heterocycles. The smallest absolute Gasteiger partial charge is 0.359 e. The largest absolute Gasteiger partial charge is 0.480 e. The molecule has 0 bridgehead atoms. The van der Waals surface area contributed by atoms with Crippen molar-refractivity contribution in [3.8, 4) is 11.6 Å². The summed E-state index contributed by atoms with van der Waals surface area (Å²) in [5.74, 6) is -2.33. The summed E-state index contributed by atoms with van der Waals surface area (Å²) in [6, 6.07) is 5.64. The lowest BCUT2D eigenvalue weighted by Gasteiger charge is -2.15. The molecule has 0 aliphatic carbocycles. The maximum atomic E-state index is 13.5. The molecule has 2 heterocycles. The number of amides is 1. The molecular formula is C28H20Cl6N4O6. The van der Waals surface area contributed by atoms with Gasteiger partial charge in [-0.25, -0.2) is 9.59 Å². The van der Waals surface area contributed by atoms with Crippen LogP contribution < -0.4 is 9.75 Å². The number of halogens is 6. The zero-order valence-corrected chi connectivity index (χ0v) is 27.5. The molecule has 44 heavy (non-hydrogen) atoms. The lowest BCUT2D eigenvalue weighted by molar-refractivity contribution is -0.135. The van der Waals surface area contributed by atoms with Gasteiger partial charge in [0.15, 0.2) is 11.4 Å². The molecule has 0 saturated heterocycles. The van der Waals surface area contributed by atoms with Gasteiger partial charge in [0.1, 0.15) is 11.4 Å². The molecule has 10 nitrogen and oxygen atoms in total. The molecule has 1 aliphatic heterocycles. The number of rotatable bonds is 9. The van der Waals surface area contributed by atoms with Gasteiger partial charge in [0.25, 0.3) is 5.91 Å². The fourth-order valence-corrected chi connectivity index (χ4v) is 6.00. The van der Waals surface area contributed by atoms with Crippen LogP contribution in [0.4, 0.5) is 5.69 Å². The van der Waals surface area contributed by atoms with Gasteiger partial charge in [-0.2, -0.15) is 19.9 Å². The Hall–Kier alpha value is -3.25. The molecule has 1 amide bonds. The molecule has 0 fully saturated rings. The Bertz CT molecular complexity index is 1720. The minimum Gasteiger partial charge on any atom is -0.480 e. The molecular weight excluding hydrogens is 701 g/mol. The maximum absolute atomic E-state index is 13.5. The van der Waals surface area contributed by atoms with Gasteiger partial charge >= 0.3 is 11.9 Å². The highest BCUT2D eigenvalue weighted by molar-refractivity contribution is 6.54. The van der Waals surface area contributed by atoms with Crippen molar-refractivity contribution < 1.29 is 28.6 Å². The molecule has 0 unspecified atom stereocenters. The summed E-state index contributed by atoms with van der Waals surface area (Å²) >= 11 is 37.5. The van der Waals surface area contributed by atoms with E-state index in [1.54, 1.807) is 13.8 Å². The number of allylic oxidation sites excluding steroid dienone is 2. The number of aromatic nitrogens is 2. The molecule has 1 aliphatic rings. The highest BCUT2D eigenvalue weighted by Gasteiger charge is 2.37. The van der Waals surface area contributed by atoms with E-state index in [1.807, 2.05) is 0 Å². The van der Waals surface area contributed by atoms with Crippen molar-refractivity contribution in [1.29, 1.82) is 0 Å². The minimum atomic E-state index is -0.867. The van der Waals surface area contributed by atoms with E-state index in [9.17, 15) is 14.4 Å². The Morgan fingerprint density at radius 3 is 1.89 bits per heavy atom. The monoisotopic (exact) mass is 718 g/mol. The van der Waals surface area contributed by atoms with E-state index in [-0.39, 0.29) is 83.1 Å². The maximum Gasteiger partial charge on any atom is 0.359 e. The van der Waals surface area contributed by atoms with Gasteiger partial charge in [0.2, 0.25) is 5.88 Å². The van der Waals surface area contributed by atoms with Crippen LogP contribution in [-0.2, 0) is 19.1 Å². The normalized spacial score (nSPS) is 14.0. The summed E-state index contributed by atoms with van der Waals surface area (Å²) in [5.41, 5.74) is -0.273. The third-order valence-corrected chi connectivity index (χ3v) is 7.39. The fourth-order valence-electron chi connectivity index (χ4n) is 4.04. The number of methoxy groups -OCH3 is 1. The number of hydrazone groups is 1.